The fourth-order valence-corrected chi connectivity index (χ4v) is 0.811. The molecular formula is C8H13N3O. The molecule has 0 amide bonds. The van der Waals surface area contributed by atoms with Gasteiger partial charge in [0.25, 0.3) is 5.88 Å². The van der Waals surface area contributed by atoms with Crippen LogP contribution in [-0.2, 0) is 7.05 Å². The molecule has 12 heavy (non-hydrogen) atoms. The summed E-state index contributed by atoms with van der Waals surface area (Å²) >= 11 is 0. The lowest BCUT2D eigenvalue weighted by atomic mass is 10.4. The first-order valence-electron chi connectivity index (χ1n) is 3.78. The van der Waals surface area contributed by atoms with Crippen molar-refractivity contribution in [1.82, 2.24) is 9.78 Å². The molecule has 0 saturated heterocycles. The van der Waals surface area contributed by atoms with Gasteiger partial charge in [0, 0.05) is 18.8 Å². The third-order valence-corrected chi connectivity index (χ3v) is 1.28. The number of hydrogen-bond donors (Lipinski definition) is 0. The molecule has 0 fully saturated rings. The molecule has 0 unspecified atom stereocenters. The maximum atomic E-state index is 5.08. The Morgan fingerprint density at radius 3 is 2.67 bits per heavy atom. The van der Waals surface area contributed by atoms with Crippen LogP contribution in [-0.4, -0.2) is 15.5 Å². The van der Waals surface area contributed by atoms with E-state index in [1.807, 2.05) is 34.0 Å². The van der Waals surface area contributed by atoms with E-state index >= 15 is 0 Å². The van der Waals surface area contributed by atoms with Gasteiger partial charge in [0.05, 0.1) is 5.71 Å². The highest BCUT2D eigenvalue weighted by molar-refractivity contribution is 5.78. The number of hydrogen-bond acceptors (Lipinski definition) is 3. The van der Waals surface area contributed by atoms with Crippen molar-refractivity contribution in [1.29, 1.82) is 0 Å². The van der Waals surface area contributed by atoms with Gasteiger partial charge in [-0.3, -0.25) is 4.68 Å². The van der Waals surface area contributed by atoms with Crippen molar-refractivity contribution in [3.63, 3.8) is 0 Å². The van der Waals surface area contributed by atoms with Crippen LogP contribution in [0.15, 0.2) is 11.4 Å². The first-order valence-corrected chi connectivity index (χ1v) is 3.78. The van der Waals surface area contributed by atoms with Gasteiger partial charge in [0.2, 0.25) is 0 Å². The Morgan fingerprint density at radius 2 is 2.25 bits per heavy atom. The van der Waals surface area contributed by atoms with E-state index in [-0.39, 0.29) is 0 Å². The van der Waals surface area contributed by atoms with Crippen LogP contribution in [0.5, 0.6) is 5.88 Å². The number of rotatable bonds is 2. The second-order valence-electron chi connectivity index (χ2n) is 2.92. The van der Waals surface area contributed by atoms with Crippen molar-refractivity contribution >= 4 is 5.71 Å². The van der Waals surface area contributed by atoms with E-state index in [0.717, 1.165) is 11.3 Å². The highest BCUT2D eigenvalue weighted by Gasteiger charge is 2.02. The van der Waals surface area contributed by atoms with Gasteiger partial charge in [0.15, 0.2) is 0 Å². The highest BCUT2D eigenvalue weighted by atomic mass is 16.6. The lowest BCUT2D eigenvalue weighted by Crippen LogP contribution is -1.92. The molecule has 0 bridgehead atoms. The summed E-state index contributed by atoms with van der Waals surface area (Å²) in [7, 11) is 1.85. The van der Waals surface area contributed by atoms with Crippen LogP contribution in [0.25, 0.3) is 0 Å². The van der Waals surface area contributed by atoms with Gasteiger partial charge in [-0.15, -0.1) is 5.10 Å². The summed E-state index contributed by atoms with van der Waals surface area (Å²) in [5, 5.41) is 7.88. The van der Waals surface area contributed by atoms with Gasteiger partial charge in [-0.25, -0.2) is 0 Å². The zero-order valence-electron chi connectivity index (χ0n) is 7.83. The Balaban J connectivity index is 2.75. The molecule has 1 rings (SSSR count). The maximum absolute atomic E-state index is 5.08. The predicted molar refractivity (Wildman–Crippen MR) is 47.4 cm³/mol. The molecule has 4 nitrogen and oxygen atoms in total. The van der Waals surface area contributed by atoms with Crippen molar-refractivity contribution in [2.24, 2.45) is 12.2 Å². The van der Waals surface area contributed by atoms with Crippen LogP contribution >= 0.6 is 0 Å². The van der Waals surface area contributed by atoms with E-state index < -0.39 is 0 Å². The molecule has 0 atom stereocenters. The second kappa shape index (κ2) is 3.38. The Morgan fingerprint density at radius 1 is 1.58 bits per heavy atom. The van der Waals surface area contributed by atoms with Crippen molar-refractivity contribution in [2.75, 3.05) is 0 Å². The standard InChI is InChI=1S/C8H13N3O/c1-6(2)10-12-8-7(3)5-11(4)9-8/h5H,1-4H3. The number of nitrogens with zero attached hydrogens (tertiary/aromatic N) is 3. The van der Waals surface area contributed by atoms with Gasteiger partial charge in [0.1, 0.15) is 0 Å². The molecule has 0 spiro atoms. The van der Waals surface area contributed by atoms with Crippen LogP contribution in [0.2, 0.25) is 0 Å². The van der Waals surface area contributed by atoms with Crippen LogP contribution < -0.4 is 4.84 Å². The molecule has 1 heterocycles. The average Bonchev–Trinajstić information content (AvgIpc) is 2.26. The summed E-state index contributed by atoms with van der Waals surface area (Å²) in [5.41, 5.74) is 1.86. The summed E-state index contributed by atoms with van der Waals surface area (Å²) < 4.78 is 1.70. The minimum Gasteiger partial charge on any atom is -0.335 e. The van der Waals surface area contributed by atoms with E-state index in [1.165, 1.54) is 0 Å². The Bertz CT molecular complexity index is 297. The second-order valence-corrected chi connectivity index (χ2v) is 2.92. The lowest BCUT2D eigenvalue weighted by Gasteiger charge is -1.93. The van der Waals surface area contributed by atoms with E-state index in [9.17, 15) is 0 Å². The minimum atomic E-state index is 0.568. The number of aromatic nitrogens is 2. The predicted octanol–water partition coefficient (Wildman–Crippen LogP) is 1.50. The SMILES string of the molecule is CC(C)=NOc1nn(C)cc1C. The van der Waals surface area contributed by atoms with E-state index in [2.05, 4.69) is 10.3 Å². The molecule has 0 radical (unpaired) electrons. The topological polar surface area (TPSA) is 39.4 Å². The van der Waals surface area contributed by atoms with Crippen LogP contribution in [0.4, 0.5) is 0 Å². The van der Waals surface area contributed by atoms with Gasteiger partial charge in [-0.1, -0.05) is 5.16 Å². The van der Waals surface area contributed by atoms with E-state index in [1.54, 1.807) is 4.68 Å². The molecule has 0 saturated carbocycles. The molecule has 0 N–H and O–H groups in total. The molecule has 0 aliphatic rings. The fourth-order valence-electron chi connectivity index (χ4n) is 0.811. The molecule has 1 aromatic rings. The molecule has 0 aromatic carbocycles. The van der Waals surface area contributed by atoms with Gasteiger partial charge in [-0.05, 0) is 20.8 Å². The van der Waals surface area contributed by atoms with Crippen molar-refractivity contribution in [3.8, 4) is 5.88 Å². The zero-order valence-corrected chi connectivity index (χ0v) is 7.83. The monoisotopic (exact) mass is 167 g/mol. The van der Waals surface area contributed by atoms with Gasteiger partial charge in [-0.2, -0.15) is 0 Å². The van der Waals surface area contributed by atoms with Crippen LogP contribution in [0.3, 0.4) is 0 Å². The first kappa shape index (κ1) is 8.77. The summed E-state index contributed by atoms with van der Waals surface area (Å²) in [6.07, 6.45) is 1.88. The Hall–Kier alpha value is -1.32. The summed E-state index contributed by atoms with van der Waals surface area (Å²) in [6, 6.07) is 0. The molecule has 66 valence electrons. The number of aryl methyl sites for hydroxylation is 2. The smallest absolute Gasteiger partial charge is 0.269 e. The highest BCUT2D eigenvalue weighted by Crippen LogP contribution is 2.13. The summed E-state index contributed by atoms with van der Waals surface area (Å²) in [6.45, 7) is 5.68. The minimum absolute atomic E-state index is 0.568. The van der Waals surface area contributed by atoms with Crippen molar-refractivity contribution in [2.45, 2.75) is 20.8 Å². The van der Waals surface area contributed by atoms with Crippen LogP contribution in [0.1, 0.15) is 19.4 Å². The fraction of sp³-hybridized carbons (Fsp3) is 0.500. The lowest BCUT2D eigenvalue weighted by molar-refractivity contribution is 0.321. The largest absolute Gasteiger partial charge is 0.335 e. The van der Waals surface area contributed by atoms with Crippen molar-refractivity contribution in [3.05, 3.63) is 11.8 Å². The molecular weight excluding hydrogens is 154 g/mol. The first-order chi connectivity index (χ1) is 5.59. The van der Waals surface area contributed by atoms with Crippen LogP contribution in [0, 0.1) is 6.92 Å². The third kappa shape index (κ3) is 2.08. The van der Waals surface area contributed by atoms with E-state index in [4.69, 9.17) is 4.84 Å². The summed E-state index contributed by atoms with van der Waals surface area (Å²) in [4.78, 5) is 5.08. The van der Waals surface area contributed by atoms with Gasteiger partial charge < -0.3 is 4.84 Å². The quantitative estimate of drug-likeness (QED) is 0.494. The molecule has 0 aliphatic heterocycles. The maximum Gasteiger partial charge on any atom is 0.269 e. The third-order valence-electron chi connectivity index (χ3n) is 1.28. The molecule has 0 aliphatic carbocycles. The van der Waals surface area contributed by atoms with Crippen molar-refractivity contribution < 1.29 is 4.84 Å². The zero-order chi connectivity index (χ0) is 9.14. The molecule has 1 aromatic heterocycles. The Kier molecular flexibility index (Phi) is 2.47. The van der Waals surface area contributed by atoms with Gasteiger partial charge >= 0.3 is 0 Å². The Labute approximate surface area is 71.8 Å². The van der Waals surface area contributed by atoms with E-state index in [0.29, 0.717) is 5.88 Å². The normalized spacial score (nSPS) is 9.67. The average molecular weight is 167 g/mol. The summed E-state index contributed by atoms with van der Waals surface area (Å²) in [5.74, 6) is 0.568. The number of oxime groups is 1. The molecule has 4 heteroatoms.